The van der Waals surface area contributed by atoms with Gasteiger partial charge in [0.25, 0.3) is 11.5 Å². The van der Waals surface area contributed by atoms with Crippen LogP contribution in [0.2, 0.25) is 0 Å². The van der Waals surface area contributed by atoms with Crippen LogP contribution in [0, 0.1) is 17.1 Å². The number of amides is 1. The summed E-state index contributed by atoms with van der Waals surface area (Å²) in [5.74, 6) is -0.719. The molecule has 1 aromatic heterocycles. The largest absolute Gasteiger partial charge is 0.400 e. The van der Waals surface area contributed by atoms with Gasteiger partial charge in [-0.25, -0.2) is 9.49 Å². The molecule has 1 aliphatic carbocycles. The summed E-state index contributed by atoms with van der Waals surface area (Å²) in [6.45, 7) is 0.596. The van der Waals surface area contributed by atoms with Gasteiger partial charge in [-0.05, 0) is 48.6 Å². The maximum Gasteiger partial charge on any atom is 0.272 e. The lowest BCUT2D eigenvalue weighted by Crippen LogP contribution is -2.40. The molecule has 0 spiro atoms. The molecule has 0 unspecified atom stereocenters. The Hall–Kier alpha value is -3.81. The van der Waals surface area contributed by atoms with Crippen LogP contribution in [0.15, 0.2) is 58.5 Å². The molecule has 1 aliphatic heterocycles. The van der Waals surface area contributed by atoms with E-state index in [1.807, 2.05) is 12.1 Å². The van der Waals surface area contributed by atoms with Gasteiger partial charge >= 0.3 is 0 Å². The molecule has 168 valence electrons. The topological polar surface area (TPSA) is 116 Å². The van der Waals surface area contributed by atoms with E-state index in [0.29, 0.717) is 53.4 Å². The Morgan fingerprint density at radius 2 is 1.97 bits per heavy atom. The van der Waals surface area contributed by atoms with Crippen molar-refractivity contribution in [3.8, 4) is 0 Å². The van der Waals surface area contributed by atoms with Crippen LogP contribution in [0.5, 0.6) is 0 Å². The van der Waals surface area contributed by atoms with Crippen molar-refractivity contribution >= 4 is 22.4 Å². The molecular formula is C25H24FN5O2. The molecule has 33 heavy (non-hydrogen) atoms. The smallest absolute Gasteiger partial charge is 0.272 e. The zero-order valence-electron chi connectivity index (χ0n) is 18.0. The molecule has 5 rings (SSSR count). The highest BCUT2D eigenvalue weighted by Crippen LogP contribution is 2.35. The number of nitrogens with two attached hydrogens (primary N) is 1. The van der Waals surface area contributed by atoms with Crippen molar-refractivity contribution < 1.29 is 9.18 Å². The molecule has 2 heterocycles. The molecule has 0 bridgehead atoms. The van der Waals surface area contributed by atoms with E-state index in [1.54, 1.807) is 24.3 Å². The summed E-state index contributed by atoms with van der Waals surface area (Å²) in [6, 6.07) is 11.6. The summed E-state index contributed by atoms with van der Waals surface area (Å²) in [4.78, 5) is 26.7. The van der Waals surface area contributed by atoms with Gasteiger partial charge in [-0.2, -0.15) is 5.10 Å². The number of nitrogens with one attached hydrogen (secondary N) is 2. The SMILES string of the molecule is N=C(C1=C(N)CN(C(=O)c2cc(Cc3n[nH]c(=O)c4ccccc34)ccc2F)CC1)C1CC1. The molecule has 3 aromatic rings. The molecule has 7 nitrogen and oxygen atoms in total. The van der Waals surface area contributed by atoms with Crippen molar-refractivity contribution in [3.63, 3.8) is 0 Å². The van der Waals surface area contributed by atoms with Gasteiger partial charge in [0.2, 0.25) is 0 Å². The number of carbonyl (C=O) groups excluding carboxylic acids is 1. The maximum absolute atomic E-state index is 14.6. The lowest BCUT2D eigenvalue weighted by molar-refractivity contribution is 0.0759. The molecule has 0 atom stereocenters. The molecule has 2 aromatic carbocycles. The molecule has 0 saturated heterocycles. The average molecular weight is 445 g/mol. The van der Waals surface area contributed by atoms with Gasteiger partial charge in [0.1, 0.15) is 5.82 Å². The van der Waals surface area contributed by atoms with E-state index in [2.05, 4.69) is 10.2 Å². The Balaban J connectivity index is 1.39. The van der Waals surface area contributed by atoms with Crippen molar-refractivity contribution in [2.45, 2.75) is 25.7 Å². The Morgan fingerprint density at radius 3 is 2.70 bits per heavy atom. The summed E-state index contributed by atoms with van der Waals surface area (Å²) in [5, 5.41) is 16.2. The van der Waals surface area contributed by atoms with Gasteiger partial charge in [-0.1, -0.05) is 24.3 Å². The number of halogens is 1. The van der Waals surface area contributed by atoms with Gasteiger partial charge in [-0.3, -0.25) is 9.59 Å². The number of hydrogen-bond donors (Lipinski definition) is 3. The minimum atomic E-state index is -0.595. The second kappa shape index (κ2) is 8.27. The molecule has 4 N–H and O–H groups in total. The number of H-pyrrole nitrogens is 1. The fourth-order valence-electron chi connectivity index (χ4n) is 4.40. The van der Waals surface area contributed by atoms with Crippen molar-refractivity contribution in [1.82, 2.24) is 15.1 Å². The van der Waals surface area contributed by atoms with Crippen LogP contribution >= 0.6 is 0 Å². The zero-order valence-corrected chi connectivity index (χ0v) is 18.0. The number of hydrogen-bond acceptors (Lipinski definition) is 5. The summed E-state index contributed by atoms with van der Waals surface area (Å²) in [5.41, 5.74) is 9.22. The maximum atomic E-state index is 14.6. The Kier molecular flexibility index (Phi) is 5.28. The fourth-order valence-corrected chi connectivity index (χ4v) is 4.40. The molecule has 0 radical (unpaired) electrons. The average Bonchev–Trinajstić information content (AvgIpc) is 3.67. The van der Waals surface area contributed by atoms with Crippen LogP contribution in [0.4, 0.5) is 4.39 Å². The summed E-state index contributed by atoms with van der Waals surface area (Å²) < 4.78 is 14.6. The van der Waals surface area contributed by atoms with Crippen molar-refractivity contribution in [2.24, 2.45) is 11.7 Å². The monoisotopic (exact) mass is 445 g/mol. The third-order valence-corrected chi connectivity index (χ3v) is 6.39. The molecule has 2 aliphatic rings. The van der Waals surface area contributed by atoms with Crippen LogP contribution in [-0.4, -0.2) is 39.8 Å². The van der Waals surface area contributed by atoms with Gasteiger partial charge in [-0.15, -0.1) is 0 Å². The fraction of sp³-hybridized carbons (Fsp3) is 0.280. The predicted octanol–water partition coefficient (Wildman–Crippen LogP) is 3.14. The van der Waals surface area contributed by atoms with Gasteiger partial charge in [0.15, 0.2) is 0 Å². The lowest BCUT2D eigenvalue weighted by Gasteiger charge is -2.30. The van der Waals surface area contributed by atoms with E-state index in [0.717, 1.165) is 23.8 Å². The highest BCUT2D eigenvalue weighted by atomic mass is 19.1. The van der Waals surface area contributed by atoms with Crippen LogP contribution in [0.25, 0.3) is 10.8 Å². The second-order valence-electron chi connectivity index (χ2n) is 8.70. The predicted molar refractivity (Wildman–Crippen MR) is 124 cm³/mol. The van der Waals surface area contributed by atoms with Crippen molar-refractivity contribution in [1.29, 1.82) is 5.41 Å². The van der Waals surface area contributed by atoms with Crippen molar-refractivity contribution in [2.75, 3.05) is 13.1 Å². The summed E-state index contributed by atoms with van der Waals surface area (Å²) >= 11 is 0. The zero-order chi connectivity index (χ0) is 23.1. The van der Waals surface area contributed by atoms with E-state index < -0.39 is 11.7 Å². The van der Waals surface area contributed by atoms with Gasteiger partial charge < -0.3 is 16.0 Å². The summed E-state index contributed by atoms with van der Waals surface area (Å²) in [6.07, 6.45) is 2.90. The number of rotatable bonds is 5. The molecule has 1 saturated carbocycles. The molecule has 8 heteroatoms. The third-order valence-electron chi connectivity index (χ3n) is 6.39. The summed E-state index contributed by atoms with van der Waals surface area (Å²) in [7, 11) is 0. The van der Waals surface area contributed by atoms with E-state index in [4.69, 9.17) is 11.1 Å². The van der Waals surface area contributed by atoms with Crippen LogP contribution < -0.4 is 11.3 Å². The van der Waals surface area contributed by atoms with Crippen LogP contribution in [0.3, 0.4) is 0 Å². The molecule has 1 fully saturated rings. The number of fused-ring (bicyclic) bond motifs is 1. The van der Waals surface area contributed by atoms with E-state index >= 15 is 0 Å². The Labute approximate surface area is 189 Å². The minimum absolute atomic E-state index is 0.0188. The Morgan fingerprint density at radius 1 is 1.21 bits per heavy atom. The standard InChI is InChI=1S/C25H24FN5O2/c26-20-8-5-14(12-22-16-3-1-2-4-17(16)24(32)30-29-22)11-19(20)25(33)31-10-9-18(21(27)13-31)23(28)15-6-7-15/h1-5,8,11,15,28H,6-7,9-10,12-13,27H2,(H,30,32). The Bertz CT molecular complexity index is 1370. The quantitative estimate of drug-likeness (QED) is 0.523. The van der Waals surface area contributed by atoms with E-state index in [9.17, 15) is 14.0 Å². The van der Waals surface area contributed by atoms with Crippen LogP contribution in [0.1, 0.15) is 40.9 Å². The lowest BCUT2D eigenvalue weighted by atomic mass is 9.96. The van der Waals surface area contributed by atoms with Crippen LogP contribution in [-0.2, 0) is 6.42 Å². The first-order valence-electron chi connectivity index (χ1n) is 11.0. The number of aromatic amines is 1. The second-order valence-corrected chi connectivity index (χ2v) is 8.70. The number of carbonyl (C=O) groups is 1. The number of aromatic nitrogens is 2. The van der Waals surface area contributed by atoms with Gasteiger partial charge in [0, 0.05) is 35.7 Å². The molecule has 1 amide bonds. The highest BCUT2D eigenvalue weighted by molar-refractivity contribution is 6.02. The molecular weight excluding hydrogens is 421 g/mol. The van der Waals surface area contributed by atoms with E-state index in [1.165, 1.54) is 11.0 Å². The van der Waals surface area contributed by atoms with Gasteiger partial charge in [0.05, 0.1) is 23.2 Å². The van der Waals surface area contributed by atoms with Crippen molar-refractivity contribution in [3.05, 3.63) is 86.7 Å². The van der Waals surface area contributed by atoms with E-state index in [-0.39, 0.29) is 17.7 Å². The number of nitrogens with zero attached hydrogens (tertiary/aromatic N) is 2. The first-order chi connectivity index (χ1) is 15.9. The highest BCUT2D eigenvalue weighted by Gasteiger charge is 2.32. The normalized spacial score (nSPS) is 16.3. The first kappa shape index (κ1) is 21.1. The first-order valence-corrected chi connectivity index (χ1v) is 11.0. The number of benzene rings is 2. The third kappa shape index (κ3) is 4.04. The minimum Gasteiger partial charge on any atom is -0.400 e.